The first-order valence-electron chi connectivity index (χ1n) is 4.67. The van der Waals surface area contributed by atoms with Crippen LogP contribution in [0.4, 0.5) is 5.69 Å². The maximum Gasteiger partial charge on any atom is 0.183 e. The Morgan fingerprint density at radius 3 is 2.93 bits per heavy atom. The number of benzene rings is 1. The number of hydrogen-bond acceptors (Lipinski definition) is 3. The van der Waals surface area contributed by atoms with Crippen molar-refractivity contribution in [1.82, 2.24) is 15.2 Å². The number of nitrogens with zero attached hydrogens (tertiary/aromatic N) is 2. The summed E-state index contributed by atoms with van der Waals surface area (Å²) < 4.78 is 0.967. The van der Waals surface area contributed by atoms with Gasteiger partial charge >= 0.3 is 0 Å². The predicted octanol–water partition coefficient (Wildman–Crippen LogP) is 2.38. The van der Waals surface area contributed by atoms with Gasteiger partial charge in [-0.25, -0.2) is 4.98 Å². The molecule has 0 atom stereocenters. The Kier molecular flexibility index (Phi) is 2.73. The van der Waals surface area contributed by atoms with Crippen molar-refractivity contribution < 1.29 is 0 Å². The van der Waals surface area contributed by atoms with E-state index in [1.54, 1.807) is 0 Å². The van der Waals surface area contributed by atoms with Gasteiger partial charge in [0, 0.05) is 22.1 Å². The van der Waals surface area contributed by atoms with Crippen molar-refractivity contribution in [3.8, 4) is 11.4 Å². The van der Waals surface area contributed by atoms with E-state index in [9.17, 15) is 0 Å². The molecule has 0 saturated heterocycles. The molecule has 0 bridgehead atoms. The van der Waals surface area contributed by atoms with Crippen LogP contribution in [0.1, 0.15) is 12.7 Å². The van der Waals surface area contributed by atoms with Crippen molar-refractivity contribution in [2.45, 2.75) is 13.3 Å². The number of nitrogen functional groups attached to an aromatic ring is 1. The highest BCUT2D eigenvalue weighted by atomic mass is 79.9. The van der Waals surface area contributed by atoms with Crippen molar-refractivity contribution in [1.29, 1.82) is 0 Å². The number of halogens is 1. The lowest BCUT2D eigenvalue weighted by Crippen LogP contribution is -1.91. The van der Waals surface area contributed by atoms with Crippen LogP contribution >= 0.6 is 15.9 Å². The summed E-state index contributed by atoms with van der Waals surface area (Å²) in [7, 11) is 0. The van der Waals surface area contributed by atoms with Gasteiger partial charge in [0.2, 0.25) is 0 Å². The summed E-state index contributed by atoms with van der Waals surface area (Å²) in [5, 5.41) is 6.99. The van der Waals surface area contributed by atoms with Gasteiger partial charge in [-0.3, -0.25) is 5.10 Å². The summed E-state index contributed by atoms with van der Waals surface area (Å²) in [4.78, 5) is 4.33. The molecule has 0 radical (unpaired) electrons. The van der Waals surface area contributed by atoms with E-state index in [4.69, 9.17) is 5.73 Å². The van der Waals surface area contributed by atoms with Crippen LogP contribution in [0.5, 0.6) is 0 Å². The second kappa shape index (κ2) is 4.02. The number of rotatable bonds is 2. The van der Waals surface area contributed by atoms with E-state index in [1.165, 1.54) is 0 Å². The first-order chi connectivity index (χ1) is 7.20. The maximum atomic E-state index is 5.86. The van der Waals surface area contributed by atoms with Gasteiger partial charge in [-0.2, -0.15) is 5.10 Å². The molecule has 0 spiro atoms. The fourth-order valence-electron chi connectivity index (χ4n) is 1.30. The van der Waals surface area contributed by atoms with Gasteiger partial charge in [0.1, 0.15) is 5.82 Å². The molecule has 15 heavy (non-hydrogen) atoms. The third kappa shape index (κ3) is 2.02. The molecule has 0 unspecified atom stereocenters. The minimum absolute atomic E-state index is 0.644. The van der Waals surface area contributed by atoms with E-state index < -0.39 is 0 Å². The highest BCUT2D eigenvalue weighted by Crippen LogP contribution is 2.26. The summed E-state index contributed by atoms with van der Waals surface area (Å²) in [5.41, 5.74) is 7.39. The normalized spacial score (nSPS) is 10.5. The molecule has 2 rings (SSSR count). The Bertz CT molecular complexity index is 478. The first kappa shape index (κ1) is 10.2. The topological polar surface area (TPSA) is 67.6 Å². The van der Waals surface area contributed by atoms with Gasteiger partial charge in [-0.1, -0.05) is 22.9 Å². The number of nitrogens with one attached hydrogen (secondary N) is 1. The third-order valence-corrected chi connectivity index (χ3v) is 2.62. The second-order valence-electron chi connectivity index (χ2n) is 3.19. The van der Waals surface area contributed by atoms with Gasteiger partial charge in [0.05, 0.1) is 0 Å². The van der Waals surface area contributed by atoms with Gasteiger partial charge in [0.25, 0.3) is 0 Å². The lowest BCUT2D eigenvalue weighted by Gasteiger charge is -2.01. The van der Waals surface area contributed by atoms with Crippen LogP contribution in [-0.4, -0.2) is 15.2 Å². The number of aromatic nitrogens is 3. The molecule has 3 N–H and O–H groups in total. The molecule has 78 valence electrons. The fourth-order valence-corrected chi connectivity index (χ4v) is 1.66. The van der Waals surface area contributed by atoms with Crippen LogP contribution in [0.15, 0.2) is 22.7 Å². The monoisotopic (exact) mass is 266 g/mol. The molecule has 0 fully saturated rings. The van der Waals surface area contributed by atoms with Crippen molar-refractivity contribution in [3.63, 3.8) is 0 Å². The molecule has 0 amide bonds. The van der Waals surface area contributed by atoms with E-state index in [0.29, 0.717) is 11.5 Å². The molecule has 2 aromatic rings. The number of aryl methyl sites for hydroxylation is 1. The minimum atomic E-state index is 0.644. The van der Waals surface area contributed by atoms with Gasteiger partial charge in [0.15, 0.2) is 5.82 Å². The van der Waals surface area contributed by atoms with Crippen LogP contribution in [0.3, 0.4) is 0 Å². The van der Waals surface area contributed by atoms with Gasteiger partial charge < -0.3 is 5.73 Å². The lowest BCUT2D eigenvalue weighted by molar-refractivity contribution is 0.946. The lowest BCUT2D eigenvalue weighted by atomic mass is 10.2. The Morgan fingerprint density at radius 2 is 2.27 bits per heavy atom. The smallest absolute Gasteiger partial charge is 0.183 e. The summed E-state index contributed by atoms with van der Waals surface area (Å²) in [6.07, 6.45) is 0.834. The standard InChI is InChI=1S/C10H11BrN4/c1-2-9-13-10(15-14-9)7-5-6(11)3-4-8(7)12/h3-5H,2,12H2,1H3,(H,13,14,15). The molecular formula is C10H11BrN4. The third-order valence-electron chi connectivity index (χ3n) is 2.12. The summed E-state index contributed by atoms with van der Waals surface area (Å²) in [6.45, 7) is 2.02. The Hall–Kier alpha value is -1.36. The van der Waals surface area contributed by atoms with Crippen molar-refractivity contribution in [3.05, 3.63) is 28.5 Å². The molecule has 5 heteroatoms. The van der Waals surface area contributed by atoms with Crippen molar-refractivity contribution in [2.75, 3.05) is 5.73 Å². The van der Waals surface area contributed by atoms with Crippen LogP contribution in [0, 0.1) is 0 Å². The van der Waals surface area contributed by atoms with E-state index in [1.807, 2.05) is 25.1 Å². The molecule has 0 aliphatic rings. The average molecular weight is 267 g/mol. The van der Waals surface area contributed by atoms with Gasteiger partial charge in [-0.15, -0.1) is 0 Å². The Balaban J connectivity index is 2.48. The number of H-pyrrole nitrogens is 1. The highest BCUT2D eigenvalue weighted by molar-refractivity contribution is 9.10. The second-order valence-corrected chi connectivity index (χ2v) is 4.11. The molecule has 1 aromatic carbocycles. The van der Waals surface area contributed by atoms with Crippen molar-refractivity contribution >= 4 is 21.6 Å². The van der Waals surface area contributed by atoms with E-state index in [-0.39, 0.29) is 0 Å². The SMILES string of the molecule is CCc1nc(-c2cc(Br)ccc2N)n[nH]1. The van der Waals surface area contributed by atoms with Crippen LogP contribution < -0.4 is 5.73 Å². The number of anilines is 1. The Labute approximate surface area is 96.0 Å². The van der Waals surface area contributed by atoms with E-state index in [0.717, 1.165) is 22.3 Å². The zero-order valence-corrected chi connectivity index (χ0v) is 9.87. The highest BCUT2D eigenvalue weighted by Gasteiger charge is 2.08. The molecule has 0 aliphatic heterocycles. The summed E-state index contributed by atoms with van der Waals surface area (Å²) >= 11 is 3.40. The van der Waals surface area contributed by atoms with Crippen LogP contribution in [0.2, 0.25) is 0 Å². The Morgan fingerprint density at radius 1 is 1.47 bits per heavy atom. The molecule has 0 saturated carbocycles. The van der Waals surface area contributed by atoms with Gasteiger partial charge in [-0.05, 0) is 18.2 Å². The number of nitrogens with two attached hydrogens (primary N) is 1. The number of hydrogen-bond donors (Lipinski definition) is 2. The maximum absolute atomic E-state index is 5.86. The predicted molar refractivity (Wildman–Crippen MR) is 63.3 cm³/mol. The summed E-state index contributed by atoms with van der Waals surface area (Å²) in [5.74, 6) is 1.51. The molecule has 4 nitrogen and oxygen atoms in total. The zero-order valence-electron chi connectivity index (χ0n) is 8.29. The molecular weight excluding hydrogens is 256 g/mol. The minimum Gasteiger partial charge on any atom is -0.398 e. The average Bonchev–Trinajstić information content (AvgIpc) is 2.70. The zero-order chi connectivity index (χ0) is 10.8. The number of aromatic amines is 1. The largest absolute Gasteiger partial charge is 0.398 e. The fraction of sp³-hybridized carbons (Fsp3) is 0.200. The summed E-state index contributed by atoms with van der Waals surface area (Å²) in [6, 6.07) is 5.64. The van der Waals surface area contributed by atoms with Crippen LogP contribution in [-0.2, 0) is 6.42 Å². The van der Waals surface area contributed by atoms with Crippen LogP contribution in [0.25, 0.3) is 11.4 Å². The quantitative estimate of drug-likeness (QED) is 0.821. The molecule has 0 aliphatic carbocycles. The first-order valence-corrected chi connectivity index (χ1v) is 5.46. The van der Waals surface area contributed by atoms with E-state index in [2.05, 4.69) is 31.1 Å². The molecule has 1 aromatic heterocycles. The van der Waals surface area contributed by atoms with Crippen molar-refractivity contribution in [2.24, 2.45) is 0 Å². The van der Waals surface area contributed by atoms with E-state index >= 15 is 0 Å². The molecule has 1 heterocycles.